The van der Waals surface area contributed by atoms with Crippen molar-refractivity contribution in [3.63, 3.8) is 0 Å². The molecule has 0 fully saturated rings. The van der Waals surface area contributed by atoms with Crippen molar-refractivity contribution in [2.75, 3.05) is 6.54 Å². The van der Waals surface area contributed by atoms with E-state index in [0.717, 1.165) is 11.1 Å². The van der Waals surface area contributed by atoms with Gasteiger partial charge in [-0.05, 0) is 50.8 Å². The minimum Gasteiger partial charge on any atom is -0.444 e. The summed E-state index contributed by atoms with van der Waals surface area (Å²) in [6.45, 7) is 7.24. The molecule has 0 aliphatic heterocycles. The number of alkyl carbamates (subject to hydrolysis) is 1. The lowest BCUT2D eigenvalue weighted by atomic mass is 9.96. The fraction of sp³-hybridized carbons (Fsp3) is 0.588. The maximum atomic E-state index is 11.5. The van der Waals surface area contributed by atoms with Crippen LogP contribution in [0.1, 0.15) is 50.0 Å². The molecule has 1 aromatic rings. The highest BCUT2D eigenvalue weighted by Gasteiger charge is 2.21. The molecular formula is C17H27NO5. The molecule has 6 heteroatoms. The second kappa shape index (κ2) is 8.29. The molecule has 0 aliphatic rings. The summed E-state index contributed by atoms with van der Waals surface area (Å²) in [4.78, 5) is 11.5. The maximum absolute atomic E-state index is 11.5. The van der Waals surface area contributed by atoms with Crippen LogP contribution in [-0.2, 0) is 11.3 Å². The number of aliphatic hydroxyl groups excluding tert-OH is 3. The number of aliphatic hydroxyl groups is 3. The van der Waals surface area contributed by atoms with Gasteiger partial charge in [-0.15, -0.1) is 0 Å². The zero-order valence-corrected chi connectivity index (χ0v) is 14.2. The Hall–Kier alpha value is -1.63. The summed E-state index contributed by atoms with van der Waals surface area (Å²) >= 11 is 0. The first kappa shape index (κ1) is 19.4. The summed E-state index contributed by atoms with van der Waals surface area (Å²) in [6, 6.07) is 5.16. The first-order valence-electron chi connectivity index (χ1n) is 7.67. The number of ether oxygens (including phenoxy) is 1. The third kappa shape index (κ3) is 6.56. The lowest BCUT2D eigenvalue weighted by molar-refractivity contribution is 0.0119. The lowest BCUT2D eigenvalue weighted by Gasteiger charge is -2.22. The van der Waals surface area contributed by atoms with E-state index in [0.29, 0.717) is 5.56 Å². The Balaban J connectivity index is 2.51. The SMILES string of the molecule is Cc1cc(CO)ccc1C(O)C(O)CCNC(=O)OC(C)(C)C. The van der Waals surface area contributed by atoms with Gasteiger partial charge >= 0.3 is 6.09 Å². The predicted octanol–water partition coefficient (Wildman–Crippen LogP) is 1.80. The molecule has 6 nitrogen and oxygen atoms in total. The second-order valence-corrected chi connectivity index (χ2v) is 6.58. The monoisotopic (exact) mass is 325 g/mol. The molecule has 130 valence electrons. The van der Waals surface area contributed by atoms with Crippen LogP contribution >= 0.6 is 0 Å². The van der Waals surface area contributed by atoms with E-state index in [9.17, 15) is 15.0 Å². The van der Waals surface area contributed by atoms with Crippen LogP contribution in [0.3, 0.4) is 0 Å². The van der Waals surface area contributed by atoms with Crippen LogP contribution in [0.25, 0.3) is 0 Å². The maximum Gasteiger partial charge on any atom is 0.407 e. The van der Waals surface area contributed by atoms with Crippen molar-refractivity contribution in [1.29, 1.82) is 0 Å². The molecule has 4 N–H and O–H groups in total. The standard InChI is InChI=1S/C17H27NO5/c1-11-9-12(10-19)5-6-13(11)15(21)14(20)7-8-18-16(22)23-17(2,3)4/h5-6,9,14-15,19-21H,7-8,10H2,1-4H3,(H,18,22). The average Bonchev–Trinajstić information content (AvgIpc) is 2.44. The van der Waals surface area contributed by atoms with Gasteiger partial charge in [0.2, 0.25) is 0 Å². The second-order valence-electron chi connectivity index (χ2n) is 6.58. The Morgan fingerprint density at radius 1 is 1.30 bits per heavy atom. The summed E-state index contributed by atoms with van der Waals surface area (Å²) in [6.07, 6.45) is -2.42. The van der Waals surface area contributed by atoms with Crippen LogP contribution < -0.4 is 5.32 Å². The van der Waals surface area contributed by atoms with E-state index >= 15 is 0 Å². The molecule has 1 rings (SSSR count). The normalized spacial score (nSPS) is 14.2. The summed E-state index contributed by atoms with van der Waals surface area (Å²) < 4.78 is 5.09. The van der Waals surface area contributed by atoms with Crippen LogP contribution in [0.4, 0.5) is 4.79 Å². The quantitative estimate of drug-likeness (QED) is 0.639. The number of carbonyl (C=O) groups is 1. The highest BCUT2D eigenvalue weighted by atomic mass is 16.6. The van der Waals surface area contributed by atoms with E-state index in [-0.39, 0.29) is 19.6 Å². The Morgan fingerprint density at radius 2 is 1.96 bits per heavy atom. The Morgan fingerprint density at radius 3 is 2.48 bits per heavy atom. The van der Waals surface area contributed by atoms with Crippen LogP contribution in [0.2, 0.25) is 0 Å². The van der Waals surface area contributed by atoms with Gasteiger partial charge in [0.25, 0.3) is 0 Å². The Kier molecular flexibility index (Phi) is 7.00. The zero-order valence-electron chi connectivity index (χ0n) is 14.2. The van der Waals surface area contributed by atoms with Gasteiger partial charge in [0.05, 0.1) is 12.7 Å². The van der Waals surface area contributed by atoms with E-state index < -0.39 is 23.9 Å². The molecule has 0 saturated heterocycles. The van der Waals surface area contributed by atoms with E-state index in [4.69, 9.17) is 9.84 Å². The number of benzene rings is 1. The summed E-state index contributed by atoms with van der Waals surface area (Å²) in [5.41, 5.74) is 1.57. The van der Waals surface area contributed by atoms with Gasteiger partial charge in [-0.2, -0.15) is 0 Å². The summed E-state index contributed by atoms with van der Waals surface area (Å²) in [5.74, 6) is 0. The largest absolute Gasteiger partial charge is 0.444 e. The molecular weight excluding hydrogens is 298 g/mol. The van der Waals surface area contributed by atoms with E-state index in [1.165, 1.54) is 0 Å². The van der Waals surface area contributed by atoms with Gasteiger partial charge < -0.3 is 25.4 Å². The number of carbonyl (C=O) groups excluding carboxylic acids is 1. The molecule has 2 unspecified atom stereocenters. The molecule has 0 saturated carbocycles. The number of amides is 1. The molecule has 1 amide bonds. The van der Waals surface area contributed by atoms with Crippen LogP contribution in [0, 0.1) is 6.92 Å². The number of nitrogens with one attached hydrogen (secondary N) is 1. The van der Waals surface area contributed by atoms with E-state index in [1.807, 2.05) is 6.92 Å². The highest BCUT2D eigenvalue weighted by Crippen LogP contribution is 2.23. The van der Waals surface area contributed by atoms with Crippen molar-refractivity contribution < 1.29 is 24.9 Å². The van der Waals surface area contributed by atoms with Gasteiger partial charge in [-0.1, -0.05) is 18.2 Å². The van der Waals surface area contributed by atoms with Gasteiger partial charge in [0.1, 0.15) is 11.7 Å². The molecule has 0 aliphatic carbocycles. The lowest BCUT2D eigenvalue weighted by Crippen LogP contribution is -2.34. The first-order chi connectivity index (χ1) is 10.6. The van der Waals surface area contributed by atoms with Crippen molar-refractivity contribution >= 4 is 6.09 Å². The van der Waals surface area contributed by atoms with Crippen LogP contribution in [0.15, 0.2) is 18.2 Å². The van der Waals surface area contributed by atoms with Gasteiger partial charge in [0.15, 0.2) is 0 Å². The molecule has 0 spiro atoms. The van der Waals surface area contributed by atoms with E-state index in [2.05, 4.69) is 5.32 Å². The Bertz CT molecular complexity index is 524. The van der Waals surface area contributed by atoms with Crippen molar-refractivity contribution in [1.82, 2.24) is 5.32 Å². The molecule has 1 aromatic carbocycles. The fourth-order valence-electron chi connectivity index (χ4n) is 2.17. The number of hydrogen-bond acceptors (Lipinski definition) is 5. The van der Waals surface area contributed by atoms with Gasteiger partial charge in [0, 0.05) is 6.54 Å². The van der Waals surface area contributed by atoms with Crippen molar-refractivity contribution in [3.05, 3.63) is 34.9 Å². The number of aryl methyl sites for hydroxylation is 1. The molecule has 0 heterocycles. The van der Waals surface area contributed by atoms with E-state index in [1.54, 1.807) is 39.0 Å². The Labute approximate surface area is 137 Å². The van der Waals surface area contributed by atoms with Crippen LogP contribution in [0.5, 0.6) is 0 Å². The number of hydrogen-bond donors (Lipinski definition) is 4. The van der Waals surface area contributed by atoms with Crippen molar-refractivity contribution in [2.24, 2.45) is 0 Å². The average molecular weight is 325 g/mol. The van der Waals surface area contributed by atoms with Gasteiger partial charge in [-0.3, -0.25) is 0 Å². The topological polar surface area (TPSA) is 99.0 Å². The van der Waals surface area contributed by atoms with Crippen molar-refractivity contribution in [2.45, 2.75) is 58.5 Å². The molecule has 23 heavy (non-hydrogen) atoms. The summed E-state index contributed by atoms with van der Waals surface area (Å²) in [7, 11) is 0. The molecule has 0 radical (unpaired) electrons. The molecule has 2 atom stereocenters. The third-order valence-electron chi connectivity index (χ3n) is 3.31. The minimum atomic E-state index is -1.05. The van der Waals surface area contributed by atoms with Gasteiger partial charge in [-0.25, -0.2) is 4.79 Å². The predicted molar refractivity (Wildman–Crippen MR) is 86.9 cm³/mol. The fourth-order valence-corrected chi connectivity index (χ4v) is 2.17. The van der Waals surface area contributed by atoms with Crippen LogP contribution in [-0.4, -0.2) is 39.7 Å². The van der Waals surface area contributed by atoms with Crippen molar-refractivity contribution in [3.8, 4) is 0 Å². The highest BCUT2D eigenvalue weighted by molar-refractivity contribution is 5.67. The smallest absolute Gasteiger partial charge is 0.407 e. The summed E-state index contributed by atoms with van der Waals surface area (Å²) in [5, 5.41) is 31.9. The zero-order chi connectivity index (χ0) is 17.6. The first-order valence-corrected chi connectivity index (χ1v) is 7.67. The number of rotatable bonds is 6. The molecule has 0 bridgehead atoms. The molecule has 0 aromatic heterocycles. The minimum absolute atomic E-state index is 0.0699. The third-order valence-corrected chi connectivity index (χ3v) is 3.31.